The van der Waals surface area contributed by atoms with Gasteiger partial charge in [0.1, 0.15) is 11.8 Å². The quantitative estimate of drug-likeness (QED) is 0.712. The minimum Gasteiger partial charge on any atom is -0.480 e. The lowest BCUT2D eigenvalue weighted by molar-refractivity contribution is -0.138. The molecule has 1 heterocycles. The van der Waals surface area contributed by atoms with Crippen LogP contribution in [0.1, 0.15) is 32.1 Å². The molecule has 0 aliphatic carbocycles. The van der Waals surface area contributed by atoms with E-state index in [2.05, 4.69) is 5.16 Å². The van der Waals surface area contributed by atoms with E-state index in [-0.39, 0.29) is 11.8 Å². The monoisotopic (exact) mass is 242 g/mol. The molecule has 0 spiro atoms. The summed E-state index contributed by atoms with van der Waals surface area (Å²) in [6.07, 6.45) is 0.528. The number of carbonyl (C=O) groups is 1. The van der Waals surface area contributed by atoms with Crippen molar-refractivity contribution in [1.29, 1.82) is 0 Å². The molecule has 0 radical (unpaired) electrons. The highest BCUT2D eigenvalue weighted by atomic mass is 16.5. The van der Waals surface area contributed by atoms with Gasteiger partial charge in [-0.1, -0.05) is 20.8 Å². The summed E-state index contributed by atoms with van der Waals surface area (Å²) < 4.78 is 5.07. The van der Waals surface area contributed by atoms with Crippen LogP contribution in [0.2, 0.25) is 0 Å². The molecule has 96 valence electrons. The third-order valence-electron chi connectivity index (χ3n) is 2.31. The molecule has 0 aliphatic heterocycles. The van der Waals surface area contributed by atoms with Crippen LogP contribution in [0, 0.1) is 5.41 Å². The van der Waals surface area contributed by atoms with Gasteiger partial charge in [-0.3, -0.25) is 9.59 Å². The standard InChI is InChI=1S/C11H18N2O4/c1-11(2,3)5-8-6(9(14)13-17-8)4-7(12)10(15)16/h7H,4-5,12H2,1-3H3,(H,13,14)(H,15,16)/t7-/m0/s1. The van der Waals surface area contributed by atoms with Gasteiger partial charge in [-0.05, 0) is 5.41 Å². The van der Waals surface area contributed by atoms with Crippen LogP contribution in [0.25, 0.3) is 0 Å². The molecule has 1 aromatic heterocycles. The number of rotatable bonds is 4. The minimum atomic E-state index is -1.13. The normalized spacial score (nSPS) is 13.6. The Labute approximate surface area is 98.8 Å². The Morgan fingerprint density at radius 1 is 1.53 bits per heavy atom. The summed E-state index contributed by atoms with van der Waals surface area (Å²) in [6, 6.07) is -1.09. The number of hydrogen-bond acceptors (Lipinski definition) is 4. The van der Waals surface area contributed by atoms with E-state index in [0.717, 1.165) is 0 Å². The van der Waals surface area contributed by atoms with E-state index in [1.165, 1.54) is 0 Å². The number of aliphatic carboxylic acids is 1. The van der Waals surface area contributed by atoms with Crippen molar-refractivity contribution < 1.29 is 14.4 Å². The van der Waals surface area contributed by atoms with Crippen molar-refractivity contribution in [3.63, 3.8) is 0 Å². The Morgan fingerprint density at radius 2 is 2.12 bits per heavy atom. The van der Waals surface area contributed by atoms with Gasteiger partial charge in [0.2, 0.25) is 0 Å². The molecular weight excluding hydrogens is 224 g/mol. The van der Waals surface area contributed by atoms with Gasteiger partial charge in [0.05, 0.1) is 5.56 Å². The SMILES string of the molecule is CC(C)(C)Cc1o[nH]c(=O)c1C[C@H](N)C(=O)O. The van der Waals surface area contributed by atoms with Crippen LogP contribution in [-0.4, -0.2) is 22.3 Å². The number of nitrogens with two attached hydrogens (primary N) is 1. The fraction of sp³-hybridized carbons (Fsp3) is 0.636. The molecule has 1 aromatic rings. The molecule has 17 heavy (non-hydrogen) atoms. The van der Waals surface area contributed by atoms with Crippen LogP contribution in [-0.2, 0) is 17.6 Å². The summed E-state index contributed by atoms with van der Waals surface area (Å²) in [5.41, 5.74) is 5.29. The predicted octanol–water partition coefficient (Wildman–Crippen LogP) is 0.511. The van der Waals surface area contributed by atoms with Gasteiger partial charge in [-0.2, -0.15) is 5.16 Å². The van der Waals surface area contributed by atoms with E-state index < -0.39 is 17.6 Å². The molecule has 1 atom stereocenters. The summed E-state index contributed by atoms with van der Waals surface area (Å²) in [5, 5.41) is 11.0. The molecule has 0 amide bonds. The smallest absolute Gasteiger partial charge is 0.320 e. The number of aromatic nitrogens is 1. The first kappa shape index (κ1) is 13.5. The van der Waals surface area contributed by atoms with Crippen LogP contribution >= 0.6 is 0 Å². The molecule has 0 saturated carbocycles. The maximum absolute atomic E-state index is 11.5. The topological polar surface area (TPSA) is 109 Å². The lowest BCUT2D eigenvalue weighted by Gasteiger charge is -2.16. The van der Waals surface area contributed by atoms with Crippen LogP contribution in [0.3, 0.4) is 0 Å². The van der Waals surface area contributed by atoms with E-state index in [9.17, 15) is 9.59 Å². The van der Waals surface area contributed by atoms with Gasteiger partial charge >= 0.3 is 5.97 Å². The third kappa shape index (κ3) is 3.74. The average Bonchev–Trinajstić information content (AvgIpc) is 2.47. The summed E-state index contributed by atoms with van der Waals surface area (Å²) in [5.74, 6) is -0.647. The van der Waals surface area contributed by atoms with Crippen LogP contribution in [0.4, 0.5) is 0 Å². The Kier molecular flexibility index (Phi) is 3.77. The Balaban J connectivity index is 2.95. The van der Waals surface area contributed by atoms with Gasteiger partial charge in [-0.15, -0.1) is 0 Å². The molecule has 6 nitrogen and oxygen atoms in total. The predicted molar refractivity (Wildman–Crippen MR) is 61.8 cm³/mol. The van der Waals surface area contributed by atoms with Crippen molar-refractivity contribution in [2.24, 2.45) is 11.1 Å². The lowest BCUT2D eigenvalue weighted by Crippen LogP contribution is -2.34. The summed E-state index contributed by atoms with van der Waals surface area (Å²) in [7, 11) is 0. The highest BCUT2D eigenvalue weighted by molar-refractivity contribution is 5.73. The highest BCUT2D eigenvalue weighted by Gasteiger charge is 2.23. The van der Waals surface area contributed by atoms with Crippen LogP contribution in [0.15, 0.2) is 9.32 Å². The van der Waals surface area contributed by atoms with E-state index in [1.54, 1.807) is 0 Å². The first-order chi connectivity index (χ1) is 7.70. The van der Waals surface area contributed by atoms with Crippen molar-refractivity contribution >= 4 is 5.97 Å². The average molecular weight is 242 g/mol. The molecule has 0 unspecified atom stereocenters. The fourth-order valence-corrected chi connectivity index (χ4v) is 1.50. The first-order valence-electron chi connectivity index (χ1n) is 5.38. The molecule has 0 bridgehead atoms. The van der Waals surface area contributed by atoms with Gasteiger partial charge < -0.3 is 15.4 Å². The summed E-state index contributed by atoms with van der Waals surface area (Å²) >= 11 is 0. The van der Waals surface area contributed by atoms with E-state index in [1.807, 2.05) is 20.8 Å². The molecular formula is C11H18N2O4. The Bertz CT molecular complexity index is 453. The molecule has 0 aromatic carbocycles. The second-order valence-electron chi connectivity index (χ2n) is 5.32. The number of carboxylic acid groups (broad SMARTS) is 1. The minimum absolute atomic E-state index is 0.0212. The summed E-state index contributed by atoms with van der Waals surface area (Å²) in [6.45, 7) is 6.00. The van der Waals surface area contributed by atoms with Crippen molar-refractivity contribution in [3.8, 4) is 0 Å². The number of aromatic amines is 1. The molecule has 0 saturated heterocycles. The van der Waals surface area contributed by atoms with Gasteiger partial charge in [0.25, 0.3) is 5.56 Å². The largest absolute Gasteiger partial charge is 0.480 e. The Hall–Kier alpha value is -1.56. The van der Waals surface area contributed by atoms with Crippen LogP contribution < -0.4 is 11.3 Å². The zero-order valence-electron chi connectivity index (χ0n) is 10.2. The Morgan fingerprint density at radius 3 is 2.59 bits per heavy atom. The third-order valence-corrected chi connectivity index (χ3v) is 2.31. The lowest BCUT2D eigenvalue weighted by atomic mass is 9.89. The second-order valence-corrected chi connectivity index (χ2v) is 5.32. The number of nitrogens with one attached hydrogen (secondary N) is 1. The number of carboxylic acids is 1. The molecule has 0 aliphatic rings. The van der Waals surface area contributed by atoms with E-state index in [0.29, 0.717) is 17.7 Å². The molecule has 6 heteroatoms. The zero-order chi connectivity index (χ0) is 13.2. The molecule has 0 fully saturated rings. The maximum Gasteiger partial charge on any atom is 0.320 e. The van der Waals surface area contributed by atoms with Gasteiger partial charge in [0, 0.05) is 12.8 Å². The van der Waals surface area contributed by atoms with Crippen LogP contribution in [0.5, 0.6) is 0 Å². The maximum atomic E-state index is 11.5. The van der Waals surface area contributed by atoms with Gasteiger partial charge in [0.15, 0.2) is 0 Å². The molecule has 1 rings (SSSR count). The van der Waals surface area contributed by atoms with Gasteiger partial charge in [-0.25, -0.2) is 0 Å². The zero-order valence-corrected chi connectivity index (χ0v) is 10.2. The number of H-pyrrole nitrogens is 1. The van der Waals surface area contributed by atoms with Crippen molar-refractivity contribution in [2.45, 2.75) is 39.7 Å². The summed E-state index contributed by atoms with van der Waals surface area (Å²) in [4.78, 5) is 22.2. The first-order valence-corrected chi connectivity index (χ1v) is 5.38. The van der Waals surface area contributed by atoms with Crippen molar-refractivity contribution in [1.82, 2.24) is 5.16 Å². The second kappa shape index (κ2) is 4.75. The van der Waals surface area contributed by atoms with E-state index >= 15 is 0 Å². The fourth-order valence-electron chi connectivity index (χ4n) is 1.50. The van der Waals surface area contributed by atoms with E-state index in [4.69, 9.17) is 15.4 Å². The number of hydrogen-bond donors (Lipinski definition) is 3. The molecule has 4 N–H and O–H groups in total. The highest BCUT2D eigenvalue weighted by Crippen LogP contribution is 2.21. The van der Waals surface area contributed by atoms with Crippen molar-refractivity contribution in [3.05, 3.63) is 21.7 Å². The van der Waals surface area contributed by atoms with Crippen molar-refractivity contribution in [2.75, 3.05) is 0 Å².